The van der Waals surface area contributed by atoms with Crippen molar-refractivity contribution >= 4 is 5.69 Å². The zero-order chi connectivity index (χ0) is 12.1. The van der Waals surface area contributed by atoms with Crippen LogP contribution in [0, 0.1) is 0 Å². The number of hydrogen-bond acceptors (Lipinski definition) is 2. The van der Waals surface area contributed by atoms with E-state index in [0.717, 1.165) is 24.2 Å². The third-order valence-corrected chi connectivity index (χ3v) is 3.66. The Morgan fingerprint density at radius 1 is 1.24 bits per heavy atom. The zero-order valence-electron chi connectivity index (χ0n) is 10.7. The number of phenols is 1. The minimum atomic E-state index is 0.470. The van der Waals surface area contributed by atoms with Crippen LogP contribution in [0.3, 0.4) is 0 Å². The molecule has 0 saturated heterocycles. The highest BCUT2D eigenvalue weighted by atomic mass is 16.3. The van der Waals surface area contributed by atoms with E-state index in [0.29, 0.717) is 11.7 Å². The van der Waals surface area contributed by atoms with Crippen LogP contribution < -0.4 is 5.32 Å². The third kappa shape index (κ3) is 2.93. The van der Waals surface area contributed by atoms with E-state index in [2.05, 4.69) is 18.3 Å². The number of anilines is 1. The summed E-state index contributed by atoms with van der Waals surface area (Å²) in [6.45, 7) is 3.14. The molecule has 2 heteroatoms. The fraction of sp³-hybridized carbons (Fsp3) is 0.600. The first-order valence-corrected chi connectivity index (χ1v) is 6.88. The smallest absolute Gasteiger partial charge is 0.121 e. The topological polar surface area (TPSA) is 32.3 Å². The molecule has 1 fully saturated rings. The summed E-state index contributed by atoms with van der Waals surface area (Å²) in [4.78, 5) is 0. The maximum atomic E-state index is 10.1. The molecule has 1 aromatic carbocycles. The highest BCUT2D eigenvalue weighted by molar-refractivity contribution is 5.59. The highest BCUT2D eigenvalue weighted by Crippen LogP contribution is 2.41. The van der Waals surface area contributed by atoms with Crippen molar-refractivity contribution in [1.29, 1.82) is 0 Å². The largest absolute Gasteiger partial charge is 0.508 e. The molecule has 0 radical (unpaired) electrons. The van der Waals surface area contributed by atoms with Gasteiger partial charge in [-0.25, -0.2) is 0 Å². The highest BCUT2D eigenvalue weighted by Gasteiger charge is 2.21. The minimum absolute atomic E-state index is 0.470. The Kier molecular flexibility index (Phi) is 4.29. The second kappa shape index (κ2) is 5.95. The number of benzene rings is 1. The molecule has 2 rings (SSSR count). The summed E-state index contributed by atoms with van der Waals surface area (Å²) in [7, 11) is 0. The third-order valence-electron chi connectivity index (χ3n) is 3.66. The summed E-state index contributed by atoms with van der Waals surface area (Å²) in [6.07, 6.45) is 7.50. The van der Waals surface area contributed by atoms with Gasteiger partial charge in [-0.15, -0.1) is 0 Å². The van der Waals surface area contributed by atoms with Crippen molar-refractivity contribution in [3.63, 3.8) is 0 Å². The first-order valence-electron chi connectivity index (χ1n) is 6.88. The average molecular weight is 233 g/mol. The predicted molar refractivity (Wildman–Crippen MR) is 72.7 cm³/mol. The van der Waals surface area contributed by atoms with Gasteiger partial charge in [-0.3, -0.25) is 0 Å². The minimum Gasteiger partial charge on any atom is -0.508 e. The molecule has 1 aliphatic carbocycles. The van der Waals surface area contributed by atoms with Gasteiger partial charge in [0, 0.05) is 17.8 Å². The summed E-state index contributed by atoms with van der Waals surface area (Å²) < 4.78 is 0. The van der Waals surface area contributed by atoms with Crippen LogP contribution in [0.2, 0.25) is 0 Å². The van der Waals surface area contributed by atoms with Crippen LogP contribution >= 0.6 is 0 Å². The number of phenolic OH excluding ortho intramolecular Hbond substituents is 1. The molecule has 2 nitrogen and oxygen atoms in total. The number of rotatable bonds is 4. The van der Waals surface area contributed by atoms with Gasteiger partial charge in [-0.05, 0) is 37.3 Å². The first kappa shape index (κ1) is 12.3. The van der Waals surface area contributed by atoms with Crippen LogP contribution in [0.15, 0.2) is 18.2 Å². The van der Waals surface area contributed by atoms with Gasteiger partial charge in [-0.1, -0.05) is 32.3 Å². The molecule has 1 aliphatic rings. The molecule has 0 heterocycles. The fourth-order valence-corrected chi connectivity index (χ4v) is 2.79. The van der Waals surface area contributed by atoms with Gasteiger partial charge >= 0.3 is 0 Å². The quantitative estimate of drug-likeness (QED) is 0.814. The number of aromatic hydroxyl groups is 1. The number of hydrogen-bond donors (Lipinski definition) is 2. The molecule has 0 aromatic heterocycles. The molecular weight excluding hydrogens is 210 g/mol. The fourth-order valence-electron chi connectivity index (χ4n) is 2.79. The predicted octanol–water partition coefficient (Wildman–Crippen LogP) is 4.26. The molecule has 0 atom stereocenters. The first-order chi connectivity index (χ1) is 8.33. The summed E-state index contributed by atoms with van der Waals surface area (Å²) >= 11 is 0. The lowest BCUT2D eigenvalue weighted by Gasteiger charge is -2.25. The Labute approximate surface area is 104 Å². The van der Waals surface area contributed by atoms with Gasteiger partial charge in [0.1, 0.15) is 5.75 Å². The monoisotopic (exact) mass is 233 g/mol. The van der Waals surface area contributed by atoms with Crippen molar-refractivity contribution in [1.82, 2.24) is 0 Å². The summed E-state index contributed by atoms with van der Waals surface area (Å²) in [5, 5.41) is 13.5. The molecule has 17 heavy (non-hydrogen) atoms. The second-order valence-electron chi connectivity index (χ2n) is 5.00. The van der Waals surface area contributed by atoms with Crippen molar-refractivity contribution in [2.45, 2.75) is 51.4 Å². The van der Waals surface area contributed by atoms with E-state index in [9.17, 15) is 5.11 Å². The Morgan fingerprint density at radius 2 is 2.00 bits per heavy atom. The summed E-state index contributed by atoms with van der Waals surface area (Å²) in [6, 6.07) is 5.85. The Hall–Kier alpha value is -1.18. The van der Waals surface area contributed by atoms with Crippen molar-refractivity contribution in [2.24, 2.45) is 0 Å². The lowest BCUT2D eigenvalue weighted by Crippen LogP contribution is -2.09. The number of nitrogens with one attached hydrogen (secondary N) is 1. The molecule has 0 bridgehead atoms. The summed E-state index contributed by atoms with van der Waals surface area (Å²) in [5.41, 5.74) is 2.29. The molecule has 0 amide bonds. The normalized spacial score (nSPS) is 17.0. The maximum absolute atomic E-state index is 10.1. The van der Waals surface area contributed by atoms with Crippen LogP contribution in [0.25, 0.3) is 0 Å². The van der Waals surface area contributed by atoms with E-state index in [1.54, 1.807) is 0 Å². The van der Waals surface area contributed by atoms with Gasteiger partial charge in [-0.2, -0.15) is 0 Å². The molecule has 0 unspecified atom stereocenters. The van der Waals surface area contributed by atoms with Gasteiger partial charge in [0.2, 0.25) is 0 Å². The van der Waals surface area contributed by atoms with Gasteiger partial charge in [0.05, 0.1) is 0 Å². The maximum Gasteiger partial charge on any atom is 0.121 e. The van der Waals surface area contributed by atoms with Crippen LogP contribution in [-0.2, 0) is 0 Å². The van der Waals surface area contributed by atoms with Crippen molar-refractivity contribution in [3.8, 4) is 5.75 Å². The van der Waals surface area contributed by atoms with Crippen LogP contribution in [0.5, 0.6) is 5.75 Å². The zero-order valence-corrected chi connectivity index (χ0v) is 10.7. The van der Waals surface area contributed by atoms with E-state index in [4.69, 9.17) is 0 Å². The van der Waals surface area contributed by atoms with E-state index in [-0.39, 0.29) is 0 Å². The second-order valence-corrected chi connectivity index (χ2v) is 5.00. The Balaban J connectivity index is 2.22. The summed E-state index contributed by atoms with van der Waals surface area (Å²) in [5.74, 6) is 1.02. The molecular formula is C15H23NO. The van der Waals surface area contributed by atoms with Crippen molar-refractivity contribution in [2.75, 3.05) is 11.9 Å². The standard InChI is InChI=1S/C15H23NO/c1-2-11-16-13-9-6-10-14(17)15(13)12-7-4-3-5-8-12/h6,9-10,12,16-17H,2-5,7-8,11H2,1H3. The molecule has 0 aliphatic heterocycles. The van der Waals surface area contributed by atoms with Gasteiger partial charge < -0.3 is 10.4 Å². The van der Waals surface area contributed by atoms with E-state index >= 15 is 0 Å². The molecule has 1 saturated carbocycles. The van der Waals surface area contributed by atoms with Gasteiger partial charge in [0.25, 0.3) is 0 Å². The van der Waals surface area contributed by atoms with Crippen molar-refractivity contribution in [3.05, 3.63) is 23.8 Å². The Bertz CT molecular complexity index is 356. The lowest BCUT2D eigenvalue weighted by atomic mass is 9.83. The van der Waals surface area contributed by atoms with Crippen LogP contribution in [0.1, 0.15) is 56.9 Å². The van der Waals surface area contributed by atoms with E-state index in [1.807, 2.05) is 12.1 Å². The van der Waals surface area contributed by atoms with Crippen LogP contribution in [0.4, 0.5) is 5.69 Å². The van der Waals surface area contributed by atoms with E-state index < -0.39 is 0 Å². The Morgan fingerprint density at radius 3 is 2.71 bits per heavy atom. The molecule has 94 valence electrons. The SMILES string of the molecule is CCCNc1cccc(O)c1C1CCCCC1. The van der Waals surface area contributed by atoms with Crippen molar-refractivity contribution < 1.29 is 5.11 Å². The van der Waals surface area contributed by atoms with E-state index in [1.165, 1.54) is 32.1 Å². The molecule has 2 N–H and O–H groups in total. The molecule has 0 spiro atoms. The van der Waals surface area contributed by atoms with Crippen LogP contribution in [-0.4, -0.2) is 11.7 Å². The molecule has 1 aromatic rings. The lowest BCUT2D eigenvalue weighted by molar-refractivity contribution is 0.415. The average Bonchev–Trinajstić information content (AvgIpc) is 2.37. The van der Waals surface area contributed by atoms with Gasteiger partial charge in [0.15, 0.2) is 0 Å².